The number of carbonyl (C=O) groups is 1. The van der Waals surface area contributed by atoms with E-state index in [1.165, 1.54) is 0 Å². The van der Waals surface area contributed by atoms with Gasteiger partial charge in [0.1, 0.15) is 17.3 Å². The number of anilines is 1. The first-order valence-corrected chi connectivity index (χ1v) is 12.8. The van der Waals surface area contributed by atoms with Crippen molar-refractivity contribution in [3.63, 3.8) is 0 Å². The molecule has 2 N–H and O–H groups in total. The third-order valence-corrected chi connectivity index (χ3v) is 7.33. The molecule has 1 aliphatic rings. The van der Waals surface area contributed by atoms with Crippen molar-refractivity contribution in [2.24, 2.45) is 0 Å². The number of methoxy groups -OCH3 is 1. The van der Waals surface area contributed by atoms with Crippen LogP contribution < -0.4 is 5.73 Å². The monoisotopic (exact) mass is 511 g/mol. The summed E-state index contributed by atoms with van der Waals surface area (Å²) in [5.74, 6) is 7.90. The molecule has 1 aromatic carbocycles. The predicted molar refractivity (Wildman–Crippen MR) is 149 cm³/mol. The molecular weight excluding hydrogens is 478 g/mol. The number of Topliss-reactive ketones (excluding diaryl/α,β-unsaturated/α-hetero) is 1. The second-order valence-corrected chi connectivity index (χ2v) is 9.83. The van der Waals surface area contributed by atoms with Gasteiger partial charge < -0.3 is 15.0 Å². The van der Waals surface area contributed by atoms with Crippen molar-refractivity contribution in [2.45, 2.75) is 45.8 Å². The van der Waals surface area contributed by atoms with E-state index in [9.17, 15) is 4.79 Å². The highest BCUT2D eigenvalue weighted by Crippen LogP contribution is 2.33. The van der Waals surface area contributed by atoms with Crippen LogP contribution in [0.3, 0.4) is 0 Å². The van der Waals surface area contributed by atoms with Gasteiger partial charge in [-0.15, -0.1) is 0 Å². The van der Waals surface area contributed by atoms with Gasteiger partial charge in [-0.25, -0.2) is 9.97 Å². The van der Waals surface area contributed by atoms with Crippen LogP contribution in [0.15, 0.2) is 42.6 Å². The molecule has 4 aromatic rings. The Hall–Kier alpha value is -4.00. The standard InChI is InChI=1S/C29H33N7O2/c1-6-35-20(4)32-25-13-21(8-10-26(25)35)7-9-24-28-27(11-12-31-29(28)30)36(33-24)22-14-23(17-38-5)34(16-22)15-18(2)19(3)37/h8,10-13,22-23H,2,6,14-17H2,1,3-5H3,(H2,30,31)/t22-,23+/m0/s1. The fourth-order valence-electron chi connectivity index (χ4n) is 5.39. The van der Waals surface area contributed by atoms with Crippen LogP contribution in [0.5, 0.6) is 0 Å². The third kappa shape index (κ3) is 4.69. The highest BCUT2D eigenvalue weighted by Gasteiger charge is 2.35. The summed E-state index contributed by atoms with van der Waals surface area (Å²) in [4.78, 5) is 23.1. The van der Waals surface area contributed by atoms with E-state index in [-0.39, 0.29) is 17.9 Å². The number of nitrogens with two attached hydrogens (primary N) is 1. The number of ether oxygens (including phenoxy) is 1. The molecule has 0 bridgehead atoms. The largest absolute Gasteiger partial charge is 0.383 e. The number of aryl methyl sites for hydroxylation is 2. The number of pyridine rings is 1. The first kappa shape index (κ1) is 25.6. The summed E-state index contributed by atoms with van der Waals surface area (Å²) < 4.78 is 9.67. The number of hydrogen-bond acceptors (Lipinski definition) is 7. The minimum atomic E-state index is 0.000345. The second kappa shape index (κ2) is 10.4. The van der Waals surface area contributed by atoms with Crippen LogP contribution in [0.25, 0.3) is 21.9 Å². The van der Waals surface area contributed by atoms with Gasteiger partial charge in [0.25, 0.3) is 0 Å². The van der Waals surface area contributed by atoms with Crippen molar-refractivity contribution in [2.75, 3.05) is 32.5 Å². The fraction of sp³-hybridized carbons (Fsp3) is 0.379. The maximum atomic E-state index is 11.8. The van der Waals surface area contributed by atoms with Gasteiger partial charge in [0, 0.05) is 50.1 Å². The van der Waals surface area contributed by atoms with Crippen molar-refractivity contribution in [1.29, 1.82) is 0 Å². The van der Waals surface area contributed by atoms with Crippen LogP contribution in [0.1, 0.15) is 43.4 Å². The molecule has 1 saturated heterocycles. The van der Waals surface area contributed by atoms with E-state index in [0.717, 1.165) is 46.3 Å². The number of nitrogen functional groups attached to an aromatic ring is 1. The maximum absolute atomic E-state index is 11.8. The van der Waals surface area contributed by atoms with Crippen molar-refractivity contribution >= 4 is 33.5 Å². The van der Waals surface area contributed by atoms with Gasteiger partial charge in [-0.05, 0) is 57.4 Å². The number of hydrogen-bond donors (Lipinski definition) is 1. The Morgan fingerprint density at radius 3 is 2.82 bits per heavy atom. The lowest BCUT2D eigenvalue weighted by Crippen LogP contribution is -2.35. The van der Waals surface area contributed by atoms with Gasteiger partial charge in [-0.3, -0.25) is 14.4 Å². The molecule has 0 spiro atoms. The Labute approximate surface area is 222 Å². The van der Waals surface area contributed by atoms with Gasteiger partial charge in [-0.2, -0.15) is 5.10 Å². The lowest BCUT2D eigenvalue weighted by molar-refractivity contribution is -0.113. The van der Waals surface area contributed by atoms with Crippen molar-refractivity contribution in [1.82, 2.24) is 29.2 Å². The van der Waals surface area contributed by atoms with E-state index in [0.29, 0.717) is 36.8 Å². The Bertz CT molecular complexity index is 1600. The summed E-state index contributed by atoms with van der Waals surface area (Å²) in [6.45, 7) is 12.3. The molecule has 2 atom stereocenters. The molecule has 5 rings (SSSR count). The number of ketones is 1. The molecule has 0 unspecified atom stereocenters. The van der Waals surface area contributed by atoms with Crippen LogP contribution in [-0.2, 0) is 16.1 Å². The molecule has 196 valence electrons. The lowest BCUT2D eigenvalue weighted by Gasteiger charge is -2.23. The summed E-state index contributed by atoms with van der Waals surface area (Å²) in [6, 6.07) is 8.22. The molecule has 0 radical (unpaired) electrons. The number of aromatic nitrogens is 5. The van der Waals surface area contributed by atoms with Gasteiger partial charge >= 0.3 is 0 Å². The summed E-state index contributed by atoms with van der Waals surface area (Å²) in [5, 5.41) is 5.68. The quantitative estimate of drug-likeness (QED) is 0.299. The van der Waals surface area contributed by atoms with E-state index >= 15 is 0 Å². The number of likely N-dealkylation sites (tertiary alicyclic amines) is 1. The number of benzene rings is 1. The molecular formula is C29H33N7O2. The van der Waals surface area contributed by atoms with E-state index in [4.69, 9.17) is 15.6 Å². The van der Waals surface area contributed by atoms with Gasteiger partial charge in [0.2, 0.25) is 0 Å². The summed E-state index contributed by atoms with van der Waals surface area (Å²) in [7, 11) is 1.69. The first-order chi connectivity index (χ1) is 18.3. The second-order valence-electron chi connectivity index (χ2n) is 9.83. The smallest absolute Gasteiger partial charge is 0.156 e. The van der Waals surface area contributed by atoms with Gasteiger partial charge in [0.05, 0.1) is 34.6 Å². The first-order valence-electron chi connectivity index (χ1n) is 12.8. The topological polar surface area (TPSA) is 104 Å². The molecule has 9 heteroatoms. The minimum absolute atomic E-state index is 0.000345. The molecule has 0 aliphatic carbocycles. The minimum Gasteiger partial charge on any atom is -0.383 e. The van der Waals surface area contributed by atoms with Crippen LogP contribution >= 0.6 is 0 Å². The third-order valence-electron chi connectivity index (χ3n) is 7.33. The molecule has 38 heavy (non-hydrogen) atoms. The van der Waals surface area contributed by atoms with E-state index < -0.39 is 0 Å². The van der Waals surface area contributed by atoms with Crippen molar-refractivity contribution < 1.29 is 9.53 Å². The predicted octanol–water partition coefficient (Wildman–Crippen LogP) is 3.50. The molecule has 1 fully saturated rings. The summed E-state index contributed by atoms with van der Waals surface area (Å²) >= 11 is 0. The Kier molecular flexibility index (Phi) is 7.02. The Morgan fingerprint density at radius 2 is 2.08 bits per heavy atom. The van der Waals surface area contributed by atoms with E-state index in [2.05, 4.69) is 50.8 Å². The average Bonchev–Trinajstić information content (AvgIpc) is 3.55. The zero-order chi connectivity index (χ0) is 27.0. The fourth-order valence-corrected chi connectivity index (χ4v) is 5.39. The lowest BCUT2D eigenvalue weighted by atomic mass is 10.1. The Balaban J connectivity index is 1.50. The van der Waals surface area contributed by atoms with Crippen molar-refractivity contribution in [3.05, 3.63) is 59.7 Å². The number of fused-ring (bicyclic) bond motifs is 2. The SMILES string of the molecule is C=C(CN1C[C@@H](n2nc(C#Cc3ccc4c(c3)nc(C)n4CC)c3c(N)nccc32)C[C@@H]1COC)C(C)=O. The van der Waals surface area contributed by atoms with Crippen LogP contribution in [0.2, 0.25) is 0 Å². The van der Waals surface area contributed by atoms with Gasteiger partial charge in [0.15, 0.2) is 5.78 Å². The van der Waals surface area contributed by atoms with Crippen LogP contribution in [0.4, 0.5) is 5.82 Å². The number of carbonyl (C=O) groups excluding carboxylic acids is 1. The zero-order valence-electron chi connectivity index (χ0n) is 22.4. The van der Waals surface area contributed by atoms with Crippen LogP contribution in [-0.4, -0.2) is 67.8 Å². The summed E-state index contributed by atoms with van der Waals surface area (Å²) in [5.41, 5.74) is 11.3. The molecule has 4 heterocycles. The van der Waals surface area contributed by atoms with Gasteiger partial charge in [-0.1, -0.05) is 12.5 Å². The molecule has 0 amide bonds. The highest BCUT2D eigenvalue weighted by atomic mass is 16.5. The molecule has 1 aliphatic heterocycles. The van der Waals surface area contributed by atoms with Crippen molar-refractivity contribution in [3.8, 4) is 11.8 Å². The van der Waals surface area contributed by atoms with Crippen LogP contribution in [0, 0.1) is 18.8 Å². The average molecular weight is 512 g/mol. The number of rotatable bonds is 7. The maximum Gasteiger partial charge on any atom is 0.156 e. The van der Waals surface area contributed by atoms with E-state index in [1.54, 1.807) is 20.2 Å². The number of nitrogens with zero attached hydrogens (tertiary/aromatic N) is 6. The highest BCUT2D eigenvalue weighted by molar-refractivity contribution is 5.93. The zero-order valence-corrected chi connectivity index (χ0v) is 22.4. The Morgan fingerprint density at radius 1 is 1.26 bits per heavy atom. The van der Waals surface area contributed by atoms with E-state index in [1.807, 2.05) is 29.8 Å². The molecule has 0 saturated carbocycles. The number of imidazole rings is 1. The molecule has 3 aromatic heterocycles. The normalized spacial score (nSPS) is 17.7. The molecule has 9 nitrogen and oxygen atoms in total. The summed E-state index contributed by atoms with van der Waals surface area (Å²) in [6.07, 6.45) is 2.52.